The number of hydrogen-bond donors (Lipinski definition) is 1. The summed E-state index contributed by atoms with van der Waals surface area (Å²) in [5, 5.41) is 2.84. The number of anilines is 1. The number of sulfonamides is 1. The van der Waals surface area contributed by atoms with Crippen LogP contribution in [0.15, 0.2) is 29.2 Å². The second-order valence-electron chi connectivity index (χ2n) is 7.14. The quantitative estimate of drug-likeness (QED) is 0.837. The van der Waals surface area contributed by atoms with Gasteiger partial charge in [-0.25, -0.2) is 8.42 Å². The maximum atomic E-state index is 12.5. The Morgan fingerprint density at radius 2 is 1.69 bits per heavy atom. The molecule has 2 aliphatic rings. The van der Waals surface area contributed by atoms with Crippen molar-refractivity contribution in [2.45, 2.75) is 43.8 Å². The van der Waals surface area contributed by atoms with Gasteiger partial charge >= 0.3 is 0 Å². The summed E-state index contributed by atoms with van der Waals surface area (Å²) in [6, 6.07) is 6.40. The van der Waals surface area contributed by atoms with Gasteiger partial charge in [-0.2, -0.15) is 4.31 Å². The van der Waals surface area contributed by atoms with Crippen molar-refractivity contribution >= 4 is 21.6 Å². The molecule has 2 fully saturated rings. The highest BCUT2D eigenvalue weighted by atomic mass is 32.2. The molecule has 8 heteroatoms. The molecule has 0 aromatic heterocycles. The molecule has 7 nitrogen and oxygen atoms in total. The average molecular weight is 381 g/mol. The fourth-order valence-electron chi connectivity index (χ4n) is 3.60. The molecule has 0 unspecified atom stereocenters. The molecule has 144 valence electrons. The number of nitrogens with one attached hydrogen (secondary N) is 1. The number of nitrogens with zero attached hydrogens (tertiary/aromatic N) is 2. The first-order valence-electron chi connectivity index (χ1n) is 9.12. The van der Waals surface area contributed by atoms with Crippen molar-refractivity contribution in [3.8, 4) is 0 Å². The van der Waals surface area contributed by atoms with Gasteiger partial charge in [-0.3, -0.25) is 9.69 Å². The average Bonchev–Trinajstić information content (AvgIpc) is 3.09. The van der Waals surface area contributed by atoms with Crippen molar-refractivity contribution in [1.29, 1.82) is 0 Å². The van der Waals surface area contributed by atoms with E-state index in [2.05, 4.69) is 10.2 Å². The van der Waals surface area contributed by atoms with Crippen LogP contribution in [0.5, 0.6) is 0 Å². The maximum Gasteiger partial charge on any atom is 0.243 e. The van der Waals surface area contributed by atoms with Gasteiger partial charge in [0.15, 0.2) is 0 Å². The predicted molar refractivity (Wildman–Crippen MR) is 99.5 cm³/mol. The molecule has 2 saturated heterocycles. The third kappa shape index (κ3) is 4.62. The Labute approximate surface area is 155 Å². The fraction of sp³-hybridized carbons (Fsp3) is 0.611. The summed E-state index contributed by atoms with van der Waals surface area (Å²) in [6.07, 6.45) is 2.04. The van der Waals surface area contributed by atoms with Gasteiger partial charge in [0, 0.05) is 31.9 Å². The Balaban J connectivity index is 1.58. The van der Waals surface area contributed by atoms with E-state index in [4.69, 9.17) is 4.74 Å². The van der Waals surface area contributed by atoms with Gasteiger partial charge in [-0.1, -0.05) is 0 Å². The van der Waals surface area contributed by atoms with E-state index < -0.39 is 10.0 Å². The van der Waals surface area contributed by atoms with Crippen molar-refractivity contribution in [2.24, 2.45) is 0 Å². The van der Waals surface area contributed by atoms with Crippen LogP contribution in [0.3, 0.4) is 0 Å². The van der Waals surface area contributed by atoms with Crippen molar-refractivity contribution in [3.63, 3.8) is 0 Å². The molecule has 1 aromatic rings. The lowest BCUT2D eigenvalue weighted by Gasteiger charge is -2.34. The number of hydrogen-bond acceptors (Lipinski definition) is 5. The third-order valence-corrected chi connectivity index (χ3v) is 6.62. The van der Waals surface area contributed by atoms with E-state index in [1.165, 1.54) is 4.31 Å². The number of ether oxygens (including phenoxy) is 1. The SMILES string of the molecule is C[C@@H]1CN(CC(=O)Nc2ccc(S(=O)(=O)N3CCCC3)cc2)C[C@H](C)O1. The lowest BCUT2D eigenvalue weighted by atomic mass is 10.2. The second-order valence-corrected chi connectivity index (χ2v) is 9.07. The maximum absolute atomic E-state index is 12.5. The highest BCUT2D eigenvalue weighted by molar-refractivity contribution is 7.89. The van der Waals surface area contributed by atoms with Gasteiger partial charge in [-0.05, 0) is 51.0 Å². The molecule has 0 spiro atoms. The summed E-state index contributed by atoms with van der Waals surface area (Å²) in [7, 11) is -3.42. The molecule has 26 heavy (non-hydrogen) atoms. The summed E-state index contributed by atoms with van der Waals surface area (Å²) in [6.45, 7) is 6.91. The molecule has 2 aliphatic heterocycles. The topological polar surface area (TPSA) is 79.0 Å². The molecule has 0 saturated carbocycles. The van der Waals surface area contributed by atoms with Gasteiger partial charge in [0.05, 0.1) is 23.6 Å². The summed E-state index contributed by atoms with van der Waals surface area (Å²) in [5.41, 5.74) is 0.602. The normalized spacial score (nSPS) is 25.3. The number of morpholine rings is 1. The third-order valence-electron chi connectivity index (χ3n) is 4.70. The minimum atomic E-state index is -3.42. The van der Waals surface area contributed by atoms with E-state index in [9.17, 15) is 13.2 Å². The van der Waals surface area contributed by atoms with E-state index in [0.29, 0.717) is 25.3 Å². The van der Waals surface area contributed by atoms with Crippen LogP contribution in [-0.4, -0.2) is 68.5 Å². The molecular formula is C18H27N3O4S. The van der Waals surface area contributed by atoms with Gasteiger partial charge in [-0.15, -0.1) is 0 Å². The standard InChI is InChI=1S/C18H27N3O4S/c1-14-11-20(12-15(2)25-14)13-18(22)19-16-5-7-17(8-6-16)26(23,24)21-9-3-4-10-21/h5-8,14-15H,3-4,9-13H2,1-2H3,(H,19,22)/t14-,15+. The molecule has 1 aromatic carbocycles. The number of carbonyl (C=O) groups is 1. The van der Waals surface area contributed by atoms with Crippen molar-refractivity contribution in [1.82, 2.24) is 9.21 Å². The van der Waals surface area contributed by atoms with E-state index in [0.717, 1.165) is 25.9 Å². The lowest BCUT2D eigenvalue weighted by molar-refractivity contribution is -0.121. The minimum absolute atomic E-state index is 0.110. The number of amides is 1. The highest BCUT2D eigenvalue weighted by Crippen LogP contribution is 2.22. The summed E-state index contributed by atoms with van der Waals surface area (Å²) in [5.74, 6) is -0.110. The van der Waals surface area contributed by atoms with Crippen LogP contribution in [0.1, 0.15) is 26.7 Å². The molecule has 0 aliphatic carbocycles. The van der Waals surface area contributed by atoms with E-state index in [-0.39, 0.29) is 23.0 Å². The van der Waals surface area contributed by atoms with Crippen LogP contribution < -0.4 is 5.32 Å². The molecule has 0 bridgehead atoms. The summed E-state index contributed by atoms with van der Waals surface area (Å²) in [4.78, 5) is 14.6. The monoisotopic (exact) mass is 381 g/mol. The zero-order chi connectivity index (χ0) is 18.7. The first-order chi connectivity index (χ1) is 12.3. The zero-order valence-corrected chi connectivity index (χ0v) is 16.2. The van der Waals surface area contributed by atoms with Crippen LogP contribution in [0.25, 0.3) is 0 Å². The lowest BCUT2D eigenvalue weighted by Crippen LogP contribution is -2.48. The van der Waals surface area contributed by atoms with E-state index in [1.54, 1.807) is 24.3 Å². The fourth-order valence-corrected chi connectivity index (χ4v) is 5.12. The molecular weight excluding hydrogens is 354 g/mol. The second kappa shape index (κ2) is 8.04. The Bertz CT molecular complexity index is 719. The van der Waals surface area contributed by atoms with Crippen LogP contribution in [0.2, 0.25) is 0 Å². The van der Waals surface area contributed by atoms with Crippen LogP contribution in [0, 0.1) is 0 Å². The van der Waals surface area contributed by atoms with Crippen LogP contribution in [0.4, 0.5) is 5.69 Å². The number of carbonyl (C=O) groups excluding carboxylic acids is 1. The number of benzene rings is 1. The van der Waals surface area contributed by atoms with E-state index >= 15 is 0 Å². The van der Waals surface area contributed by atoms with Crippen LogP contribution >= 0.6 is 0 Å². The first-order valence-corrected chi connectivity index (χ1v) is 10.6. The minimum Gasteiger partial charge on any atom is -0.373 e. The van der Waals surface area contributed by atoms with Gasteiger partial charge in [0.2, 0.25) is 15.9 Å². The van der Waals surface area contributed by atoms with Gasteiger partial charge in [0.25, 0.3) is 0 Å². The van der Waals surface area contributed by atoms with Crippen molar-refractivity contribution in [2.75, 3.05) is 38.0 Å². The van der Waals surface area contributed by atoms with Crippen molar-refractivity contribution < 1.29 is 17.9 Å². The largest absolute Gasteiger partial charge is 0.373 e. The zero-order valence-electron chi connectivity index (χ0n) is 15.3. The Morgan fingerprint density at radius 1 is 1.12 bits per heavy atom. The molecule has 2 atom stereocenters. The Hall–Kier alpha value is -1.48. The highest BCUT2D eigenvalue weighted by Gasteiger charge is 2.27. The molecule has 3 rings (SSSR count). The summed E-state index contributed by atoms with van der Waals surface area (Å²) >= 11 is 0. The molecule has 0 radical (unpaired) electrons. The summed E-state index contributed by atoms with van der Waals surface area (Å²) < 4.78 is 32.2. The van der Waals surface area contributed by atoms with Crippen molar-refractivity contribution in [3.05, 3.63) is 24.3 Å². The Kier molecular flexibility index (Phi) is 5.96. The molecule has 1 amide bonds. The first kappa shape index (κ1) is 19.3. The molecule has 2 heterocycles. The smallest absolute Gasteiger partial charge is 0.243 e. The number of rotatable bonds is 5. The van der Waals surface area contributed by atoms with Gasteiger partial charge < -0.3 is 10.1 Å². The van der Waals surface area contributed by atoms with E-state index in [1.807, 2.05) is 13.8 Å². The predicted octanol–water partition coefficient (Wildman–Crippen LogP) is 1.52. The Morgan fingerprint density at radius 3 is 2.27 bits per heavy atom. The van der Waals surface area contributed by atoms with Gasteiger partial charge in [0.1, 0.15) is 0 Å². The van der Waals surface area contributed by atoms with Crippen LogP contribution in [-0.2, 0) is 19.6 Å². The molecule has 1 N–H and O–H groups in total.